The molecule has 2 nitrogen and oxygen atoms in total. The summed E-state index contributed by atoms with van der Waals surface area (Å²) < 4.78 is 5.35. The molecule has 0 saturated carbocycles. The SMILES string of the molecule is Cc1cnc(-c2ccc(Cl)c(Cl)c2)o1. The molecule has 1 aromatic heterocycles. The zero-order valence-electron chi connectivity index (χ0n) is 7.42. The van der Waals surface area contributed by atoms with Gasteiger partial charge in [0, 0.05) is 5.56 Å². The number of hydrogen-bond donors (Lipinski definition) is 0. The molecule has 0 spiro atoms. The number of rotatable bonds is 1. The van der Waals surface area contributed by atoms with Gasteiger partial charge in [0.05, 0.1) is 16.2 Å². The van der Waals surface area contributed by atoms with E-state index in [2.05, 4.69) is 4.98 Å². The van der Waals surface area contributed by atoms with E-state index >= 15 is 0 Å². The average Bonchev–Trinajstić information content (AvgIpc) is 2.57. The summed E-state index contributed by atoms with van der Waals surface area (Å²) in [5, 5.41) is 1.03. The third kappa shape index (κ3) is 1.76. The van der Waals surface area contributed by atoms with Crippen LogP contribution in [0.4, 0.5) is 0 Å². The van der Waals surface area contributed by atoms with Crippen molar-refractivity contribution >= 4 is 23.2 Å². The summed E-state index contributed by atoms with van der Waals surface area (Å²) in [7, 11) is 0. The Bertz CT molecular complexity index is 465. The van der Waals surface area contributed by atoms with E-state index in [4.69, 9.17) is 27.6 Å². The largest absolute Gasteiger partial charge is 0.441 e. The lowest BCUT2D eigenvalue weighted by Gasteiger charge is -1.98. The molecule has 0 aliphatic heterocycles. The zero-order valence-corrected chi connectivity index (χ0v) is 8.93. The van der Waals surface area contributed by atoms with Gasteiger partial charge >= 0.3 is 0 Å². The van der Waals surface area contributed by atoms with Crippen molar-refractivity contribution in [2.45, 2.75) is 6.92 Å². The molecule has 0 fully saturated rings. The zero-order chi connectivity index (χ0) is 10.1. The molecule has 0 unspecified atom stereocenters. The van der Waals surface area contributed by atoms with E-state index in [0.717, 1.165) is 11.3 Å². The minimum Gasteiger partial charge on any atom is -0.441 e. The third-order valence-corrected chi connectivity index (χ3v) is 2.53. The Morgan fingerprint density at radius 3 is 2.57 bits per heavy atom. The summed E-state index contributed by atoms with van der Waals surface area (Å²) in [5.74, 6) is 1.33. The molecule has 2 aromatic rings. The molecule has 0 saturated heterocycles. The van der Waals surface area contributed by atoms with Crippen LogP contribution in [-0.2, 0) is 0 Å². The maximum Gasteiger partial charge on any atom is 0.226 e. The molecule has 0 aliphatic rings. The van der Waals surface area contributed by atoms with E-state index in [0.29, 0.717) is 15.9 Å². The van der Waals surface area contributed by atoms with Crippen LogP contribution in [0.1, 0.15) is 5.76 Å². The molecule has 0 bridgehead atoms. The quantitative estimate of drug-likeness (QED) is 0.738. The molecule has 0 atom stereocenters. The number of nitrogens with zero attached hydrogens (tertiary/aromatic N) is 1. The van der Waals surface area contributed by atoms with Crippen molar-refractivity contribution in [1.29, 1.82) is 0 Å². The van der Waals surface area contributed by atoms with Gasteiger partial charge in [-0.05, 0) is 25.1 Å². The monoisotopic (exact) mass is 227 g/mol. The molecule has 0 aliphatic carbocycles. The van der Waals surface area contributed by atoms with Gasteiger partial charge in [-0.15, -0.1) is 0 Å². The van der Waals surface area contributed by atoms with E-state index in [1.807, 2.05) is 13.0 Å². The molecule has 14 heavy (non-hydrogen) atoms. The number of aromatic nitrogens is 1. The Balaban J connectivity index is 2.47. The fraction of sp³-hybridized carbons (Fsp3) is 0.100. The first kappa shape index (κ1) is 9.56. The Morgan fingerprint density at radius 1 is 1.21 bits per heavy atom. The van der Waals surface area contributed by atoms with Crippen molar-refractivity contribution in [3.63, 3.8) is 0 Å². The van der Waals surface area contributed by atoms with E-state index in [-0.39, 0.29) is 0 Å². The molecule has 0 radical (unpaired) electrons. The van der Waals surface area contributed by atoms with Crippen molar-refractivity contribution < 1.29 is 4.42 Å². The van der Waals surface area contributed by atoms with Crippen LogP contribution in [-0.4, -0.2) is 4.98 Å². The molecule has 1 aromatic carbocycles. The van der Waals surface area contributed by atoms with Crippen molar-refractivity contribution in [2.24, 2.45) is 0 Å². The summed E-state index contributed by atoms with van der Waals surface area (Å²) in [6, 6.07) is 5.27. The summed E-state index contributed by atoms with van der Waals surface area (Å²) >= 11 is 11.7. The van der Waals surface area contributed by atoms with Crippen LogP contribution in [0.3, 0.4) is 0 Å². The van der Waals surface area contributed by atoms with Gasteiger partial charge in [0.1, 0.15) is 5.76 Å². The van der Waals surface area contributed by atoms with Gasteiger partial charge in [0.25, 0.3) is 0 Å². The molecule has 2 rings (SSSR count). The molecular weight excluding hydrogens is 221 g/mol. The first-order chi connectivity index (χ1) is 6.66. The smallest absolute Gasteiger partial charge is 0.226 e. The van der Waals surface area contributed by atoms with Crippen molar-refractivity contribution in [3.05, 3.63) is 40.2 Å². The highest BCUT2D eigenvalue weighted by Gasteiger charge is 2.06. The lowest BCUT2D eigenvalue weighted by atomic mass is 10.2. The number of hydrogen-bond acceptors (Lipinski definition) is 2. The van der Waals surface area contributed by atoms with Gasteiger partial charge in [-0.1, -0.05) is 23.2 Å². The second-order valence-corrected chi connectivity index (χ2v) is 3.72. The maximum absolute atomic E-state index is 5.87. The average molecular weight is 228 g/mol. The van der Waals surface area contributed by atoms with Crippen LogP contribution in [0.2, 0.25) is 10.0 Å². The molecule has 0 amide bonds. The van der Waals surface area contributed by atoms with Crippen LogP contribution < -0.4 is 0 Å². The molecule has 0 N–H and O–H groups in total. The first-order valence-corrected chi connectivity index (χ1v) is 4.80. The highest BCUT2D eigenvalue weighted by molar-refractivity contribution is 6.42. The molecule has 4 heteroatoms. The maximum atomic E-state index is 5.87. The predicted molar refractivity (Wildman–Crippen MR) is 56.7 cm³/mol. The third-order valence-electron chi connectivity index (χ3n) is 1.79. The second kappa shape index (κ2) is 3.64. The minimum absolute atomic E-state index is 0.500. The van der Waals surface area contributed by atoms with Gasteiger partial charge in [0.15, 0.2) is 0 Å². The lowest BCUT2D eigenvalue weighted by molar-refractivity contribution is 0.542. The Morgan fingerprint density at radius 2 is 2.00 bits per heavy atom. The van der Waals surface area contributed by atoms with Gasteiger partial charge in [0.2, 0.25) is 5.89 Å². The van der Waals surface area contributed by atoms with Gasteiger partial charge < -0.3 is 4.42 Å². The topological polar surface area (TPSA) is 26.0 Å². The van der Waals surface area contributed by atoms with Gasteiger partial charge in [-0.3, -0.25) is 0 Å². The van der Waals surface area contributed by atoms with Crippen LogP contribution in [0.15, 0.2) is 28.8 Å². The summed E-state index contributed by atoms with van der Waals surface area (Å²) in [4.78, 5) is 4.09. The van der Waals surface area contributed by atoms with Gasteiger partial charge in [-0.2, -0.15) is 0 Å². The van der Waals surface area contributed by atoms with Crippen LogP contribution in [0.25, 0.3) is 11.5 Å². The second-order valence-electron chi connectivity index (χ2n) is 2.90. The number of aryl methyl sites for hydroxylation is 1. The van der Waals surface area contributed by atoms with E-state index in [1.54, 1.807) is 18.3 Å². The van der Waals surface area contributed by atoms with Crippen molar-refractivity contribution in [1.82, 2.24) is 4.98 Å². The lowest BCUT2D eigenvalue weighted by Crippen LogP contribution is -1.77. The number of halogens is 2. The molecule has 72 valence electrons. The normalized spacial score (nSPS) is 10.5. The van der Waals surface area contributed by atoms with Gasteiger partial charge in [-0.25, -0.2) is 4.98 Å². The first-order valence-electron chi connectivity index (χ1n) is 4.04. The van der Waals surface area contributed by atoms with E-state index in [1.165, 1.54) is 0 Å². The van der Waals surface area contributed by atoms with Crippen LogP contribution in [0, 0.1) is 6.92 Å². The van der Waals surface area contributed by atoms with E-state index in [9.17, 15) is 0 Å². The number of benzene rings is 1. The minimum atomic E-state index is 0.500. The Hall–Kier alpha value is -0.990. The predicted octanol–water partition coefficient (Wildman–Crippen LogP) is 3.96. The fourth-order valence-electron chi connectivity index (χ4n) is 1.12. The van der Waals surface area contributed by atoms with Crippen LogP contribution >= 0.6 is 23.2 Å². The van der Waals surface area contributed by atoms with Crippen molar-refractivity contribution in [3.8, 4) is 11.5 Å². The fourth-order valence-corrected chi connectivity index (χ4v) is 1.42. The number of oxazole rings is 1. The van der Waals surface area contributed by atoms with E-state index < -0.39 is 0 Å². The summed E-state index contributed by atoms with van der Waals surface area (Å²) in [6.45, 7) is 1.84. The summed E-state index contributed by atoms with van der Waals surface area (Å²) in [6.07, 6.45) is 1.66. The Kier molecular flexibility index (Phi) is 2.48. The van der Waals surface area contributed by atoms with Crippen LogP contribution in [0.5, 0.6) is 0 Å². The standard InChI is InChI=1S/C10H7Cl2NO/c1-6-5-13-10(14-6)7-2-3-8(11)9(12)4-7/h2-5H,1H3. The van der Waals surface area contributed by atoms with Crippen molar-refractivity contribution in [2.75, 3.05) is 0 Å². The Labute approximate surface area is 91.5 Å². The highest BCUT2D eigenvalue weighted by atomic mass is 35.5. The molecule has 1 heterocycles. The summed E-state index contributed by atoms with van der Waals surface area (Å²) in [5.41, 5.74) is 0.826. The molecular formula is C10H7Cl2NO. The highest BCUT2D eigenvalue weighted by Crippen LogP contribution is 2.27.